The largest absolute Gasteiger partial charge is 0.504 e. The summed E-state index contributed by atoms with van der Waals surface area (Å²) in [5.41, 5.74) is 1.06. The van der Waals surface area contributed by atoms with E-state index in [2.05, 4.69) is 0 Å². The molecular formula is C16H12Cl2O3. The molecule has 0 saturated heterocycles. The number of ketones is 1. The van der Waals surface area contributed by atoms with Crippen molar-refractivity contribution in [3.8, 4) is 11.5 Å². The third kappa shape index (κ3) is 3.78. The summed E-state index contributed by atoms with van der Waals surface area (Å²) < 4.78 is 5.00. The molecule has 108 valence electrons. The van der Waals surface area contributed by atoms with E-state index in [0.29, 0.717) is 21.4 Å². The molecule has 0 fully saturated rings. The Balaban J connectivity index is 2.24. The fourth-order valence-electron chi connectivity index (χ4n) is 1.75. The molecule has 0 aliphatic heterocycles. The number of allylic oxidation sites excluding steroid dienone is 1. The minimum atomic E-state index is -0.255. The molecule has 21 heavy (non-hydrogen) atoms. The van der Waals surface area contributed by atoms with E-state index in [-0.39, 0.29) is 11.5 Å². The molecule has 0 spiro atoms. The lowest BCUT2D eigenvalue weighted by molar-refractivity contribution is 0.104. The lowest BCUT2D eigenvalue weighted by atomic mass is 10.1. The van der Waals surface area contributed by atoms with Gasteiger partial charge in [-0.05, 0) is 42.0 Å². The number of carbonyl (C=O) groups is 1. The van der Waals surface area contributed by atoms with Crippen LogP contribution in [0, 0.1) is 0 Å². The van der Waals surface area contributed by atoms with Gasteiger partial charge >= 0.3 is 0 Å². The van der Waals surface area contributed by atoms with Crippen molar-refractivity contribution in [3.05, 3.63) is 63.6 Å². The van der Waals surface area contributed by atoms with Crippen molar-refractivity contribution in [1.82, 2.24) is 0 Å². The van der Waals surface area contributed by atoms with Crippen LogP contribution in [-0.2, 0) is 0 Å². The smallest absolute Gasteiger partial charge is 0.187 e. The first-order valence-corrected chi connectivity index (χ1v) is 6.81. The van der Waals surface area contributed by atoms with Crippen LogP contribution in [-0.4, -0.2) is 18.0 Å². The molecule has 0 unspecified atom stereocenters. The highest BCUT2D eigenvalue weighted by Crippen LogP contribution is 2.27. The summed E-state index contributed by atoms with van der Waals surface area (Å²) in [5, 5.41) is 10.3. The molecule has 0 aromatic heterocycles. The molecule has 0 aliphatic carbocycles. The summed E-state index contributed by atoms with van der Waals surface area (Å²) >= 11 is 11.8. The number of halogens is 2. The zero-order valence-electron chi connectivity index (χ0n) is 11.1. The van der Waals surface area contributed by atoms with Crippen molar-refractivity contribution >= 4 is 35.1 Å². The highest BCUT2D eigenvalue weighted by Gasteiger charge is 2.08. The highest BCUT2D eigenvalue weighted by molar-refractivity contribution is 6.36. The van der Waals surface area contributed by atoms with Crippen molar-refractivity contribution in [2.75, 3.05) is 7.11 Å². The fourth-order valence-corrected chi connectivity index (χ4v) is 2.13. The fraction of sp³-hybridized carbons (Fsp3) is 0.0625. The predicted octanol–water partition coefficient (Wildman–Crippen LogP) is 4.60. The van der Waals surface area contributed by atoms with Crippen molar-refractivity contribution in [1.29, 1.82) is 0 Å². The van der Waals surface area contributed by atoms with E-state index < -0.39 is 0 Å². The van der Waals surface area contributed by atoms with Gasteiger partial charge in [0, 0.05) is 10.6 Å². The molecule has 0 saturated carbocycles. The Labute approximate surface area is 132 Å². The number of rotatable bonds is 4. The Kier molecular flexibility index (Phi) is 4.89. The maximum absolute atomic E-state index is 12.1. The monoisotopic (exact) mass is 322 g/mol. The lowest BCUT2D eigenvalue weighted by Gasteiger charge is -2.04. The summed E-state index contributed by atoms with van der Waals surface area (Å²) in [4.78, 5) is 12.1. The second-order valence-electron chi connectivity index (χ2n) is 4.25. The molecule has 3 nitrogen and oxygen atoms in total. The first-order valence-electron chi connectivity index (χ1n) is 6.05. The van der Waals surface area contributed by atoms with Crippen LogP contribution in [0.2, 0.25) is 10.0 Å². The van der Waals surface area contributed by atoms with Crippen molar-refractivity contribution in [2.45, 2.75) is 0 Å². The third-order valence-corrected chi connectivity index (χ3v) is 3.39. The van der Waals surface area contributed by atoms with Gasteiger partial charge in [-0.3, -0.25) is 4.79 Å². The molecule has 0 atom stereocenters. The summed E-state index contributed by atoms with van der Waals surface area (Å²) in [6, 6.07) is 9.51. The normalized spacial score (nSPS) is 10.8. The minimum absolute atomic E-state index is 0.0406. The molecule has 0 radical (unpaired) electrons. The maximum Gasteiger partial charge on any atom is 0.187 e. The van der Waals surface area contributed by atoms with Gasteiger partial charge in [-0.1, -0.05) is 35.3 Å². The minimum Gasteiger partial charge on any atom is -0.504 e. The molecule has 2 rings (SSSR count). The van der Waals surface area contributed by atoms with Crippen LogP contribution in [0.25, 0.3) is 6.08 Å². The van der Waals surface area contributed by atoms with E-state index in [4.69, 9.17) is 27.9 Å². The summed E-state index contributed by atoms with van der Waals surface area (Å²) in [6.45, 7) is 0. The average Bonchev–Trinajstić information content (AvgIpc) is 2.48. The van der Waals surface area contributed by atoms with Crippen LogP contribution in [0.15, 0.2) is 42.5 Å². The number of carbonyl (C=O) groups excluding carboxylic acids is 1. The van der Waals surface area contributed by atoms with Gasteiger partial charge in [0.25, 0.3) is 0 Å². The number of methoxy groups -OCH3 is 1. The molecule has 0 aliphatic rings. The average molecular weight is 323 g/mol. The zero-order valence-corrected chi connectivity index (χ0v) is 12.7. The van der Waals surface area contributed by atoms with Crippen LogP contribution in [0.5, 0.6) is 11.5 Å². The Morgan fingerprint density at radius 1 is 1.19 bits per heavy atom. The molecule has 0 heterocycles. The van der Waals surface area contributed by atoms with Gasteiger partial charge in [-0.25, -0.2) is 0 Å². The SMILES string of the molecule is COc1cc(/C=C/C(=O)c2cc(Cl)ccc2Cl)ccc1O. The van der Waals surface area contributed by atoms with Crippen molar-refractivity contribution in [2.24, 2.45) is 0 Å². The molecular weight excluding hydrogens is 311 g/mol. The second-order valence-corrected chi connectivity index (χ2v) is 5.10. The van der Waals surface area contributed by atoms with Gasteiger partial charge in [-0.2, -0.15) is 0 Å². The predicted molar refractivity (Wildman–Crippen MR) is 84.5 cm³/mol. The molecule has 2 aromatic rings. The topological polar surface area (TPSA) is 46.5 Å². The van der Waals surface area contributed by atoms with Gasteiger partial charge in [-0.15, -0.1) is 0 Å². The molecule has 0 amide bonds. The molecule has 2 aromatic carbocycles. The first kappa shape index (κ1) is 15.4. The molecule has 1 N–H and O–H groups in total. The number of ether oxygens (including phenoxy) is 1. The second kappa shape index (κ2) is 6.66. The van der Waals surface area contributed by atoms with E-state index in [1.54, 1.807) is 30.3 Å². The Morgan fingerprint density at radius 2 is 1.95 bits per heavy atom. The van der Waals surface area contributed by atoms with Crippen molar-refractivity contribution < 1.29 is 14.6 Å². The Morgan fingerprint density at radius 3 is 2.67 bits per heavy atom. The standard InChI is InChI=1S/C16H12Cl2O3/c1-21-16-8-10(3-7-15(16)20)2-6-14(19)12-9-11(17)4-5-13(12)18/h2-9,20H,1H3/b6-2+. The number of aromatic hydroxyl groups is 1. The first-order chi connectivity index (χ1) is 10.0. The highest BCUT2D eigenvalue weighted by atomic mass is 35.5. The number of hydrogen-bond donors (Lipinski definition) is 1. The van der Waals surface area contributed by atoms with Gasteiger partial charge in [0.15, 0.2) is 17.3 Å². The van der Waals surface area contributed by atoms with Crippen LogP contribution < -0.4 is 4.74 Å². The Hall–Kier alpha value is -1.97. The van der Waals surface area contributed by atoms with Gasteiger partial charge < -0.3 is 9.84 Å². The van der Waals surface area contributed by atoms with E-state index in [1.807, 2.05) is 0 Å². The Bertz CT molecular complexity index is 709. The summed E-state index contributed by atoms with van der Waals surface area (Å²) in [7, 11) is 1.46. The van der Waals surface area contributed by atoms with Gasteiger partial charge in [0.05, 0.1) is 12.1 Å². The number of benzene rings is 2. The lowest BCUT2D eigenvalue weighted by Crippen LogP contribution is -1.95. The summed E-state index contributed by atoms with van der Waals surface area (Å²) in [5.74, 6) is 0.124. The van der Waals surface area contributed by atoms with Gasteiger partial charge in [0.1, 0.15) is 0 Å². The van der Waals surface area contributed by atoms with Crippen molar-refractivity contribution in [3.63, 3.8) is 0 Å². The molecule has 0 bridgehead atoms. The zero-order chi connectivity index (χ0) is 15.4. The molecule has 5 heteroatoms. The summed E-state index contributed by atoms with van der Waals surface area (Å²) in [6.07, 6.45) is 3.00. The van der Waals surface area contributed by atoms with Crippen LogP contribution in [0.3, 0.4) is 0 Å². The van der Waals surface area contributed by atoms with E-state index >= 15 is 0 Å². The van der Waals surface area contributed by atoms with Crippen LogP contribution >= 0.6 is 23.2 Å². The quantitative estimate of drug-likeness (QED) is 0.660. The van der Waals surface area contributed by atoms with Crippen LogP contribution in [0.1, 0.15) is 15.9 Å². The number of phenols is 1. The van der Waals surface area contributed by atoms with E-state index in [0.717, 1.165) is 5.56 Å². The maximum atomic E-state index is 12.1. The van der Waals surface area contributed by atoms with E-state index in [9.17, 15) is 9.90 Å². The number of hydrogen-bond acceptors (Lipinski definition) is 3. The van der Waals surface area contributed by atoms with E-state index in [1.165, 1.54) is 25.3 Å². The third-order valence-electron chi connectivity index (χ3n) is 2.82. The van der Waals surface area contributed by atoms with Gasteiger partial charge in [0.2, 0.25) is 0 Å². The van der Waals surface area contributed by atoms with Crippen LogP contribution in [0.4, 0.5) is 0 Å². The number of phenolic OH excluding ortho intramolecular Hbond substituents is 1.